The molecule has 36 valence electrons. The minimum absolute atomic E-state index is 0. The van der Waals surface area contributed by atoms with Crippen molar-refractivity contribution in [1.82, 2.24) is 0 Å². The normalized spacial score (nSPS) is 6.67. The van der Waals surface area contributed by atoms with Crippen LogP contribution in [-0.4, -0.2) is 146 Å². The first-order chi connectivity index (χ1) is 2.00. The summed E-state index contributed by atoms with van der Waals surface area (Å²) in [6.45, 7) is 0. The summed E-state index contributed by atoms with van der Waals surface area (Å²) in [7, 11) is -4.61. The topological polar surface area (TPSA) is 80.9 Å². The van der Waals surface area contributed by atoms with E-state index >= 15 is 0 Å². The van der Waals surface area contributed by atoms with Crippen LogP contribution in [0.3, 0.4) is 0 Å². The standard InChI is InChI=1S/4Na.H4O4Si/c;;;;1-5(2,3)4/h;;;;1-4H. The fourth-order valence-corrected chi connectivity index (χ4v) is 0. The first kappa shape index (κ1) is 29.2. The van der Waals surface area contributed by atoms with E-state index in [0.29, 0.717) is 0 Å². The van der Waals surface area contributed by atoms with Gasteiger partial charge in [0.05, 0.1) is 0 Å². The van der Waals surface area contributed by atoms with Gasteiger partial charge >= 0.3 is 9.05 Å². The van der Waals surface area contributed by atoms with Crippen LogP contribution in [0.2, 0.25) is 0 Å². The molecule has 0 atom stereocenters. The molecule has 0 aromatic carbocycles. The van der Waals surface area contributed by atoms with Gasteiger partial charge < -0.3 is 19.2 Å². The molecule has 0 rings (SSSR count). The van der Waals surface area contributed by atoms with Gasteiger partial charge in [-0.25, -0.2) is 0 Å². The molecule has 0 heterocycles. The van der Waals surface area contributed by atoms with Gasteiger partial charge in [0.1, 0.15) is 0 Å². The van der Waals surface area contributed by atoms with E-state index in [1.807, 2.05) is 0 Å². The van der Waals surface area contributed by atoms with E-state index in [2.05, 4.69) is 0 Å². The Hall–Kier alpha value is 4.06. The number of hydrogen-bond acceptors (Lipinski definition) is 4. The molecule has 0 spiro atoms. The molecular formula is H4Na4O4Si. The summed E-state index contributed by atoms with van der Waals surface area (Å²) < 4.78 is 0. The Morgan fingerprint density at radius 1 is 0.556 bits per heavy atom. The summed E-state index contributed by atoms with van der Waals surface area (Å²) in [5, 5.41) is 0. The Labute approximate surface area is 143 Å². The third-order valence-corrected chi connectivity index (χ3v) is 0. The second-order valence-electron chi connectivity index (χ2n) is 0.600. The van der Waals surface area contributed by atoms with Crippen molar-refractivity contribution in [2.24, 2.45) is 0 Å². The third kappa shape index (κ3) is 74.1. The van der Waals surface area contributed by atoms with Crippen molar-refractivity contribution in [2.45, 2.75) is 0 Å². The van der Waals surface area contributed by atoms with Crippen molar-refractivity contribution in [3.05, 3.63) is 0 Å². The molecule has 0 fully saturated rings. The molecular weight excluding hydrogens is 184 g/mol. The molecule has 0 amide bonds. The van der Waals surface area contributed by atoms with Gasteiger partial charge in [-0.15, -0.1) is 0 Å². The van der Waals surface area contributed by atoms with E-state index in [0.717, 1.165) is 0 Å². The average Bonchev–Trinajstić information content (AvgIpc) is 0.722. The zero-order chi connectivity index (χ0) is 4.50. The minimum atomic E-state index is -4.61. The largest absolute Gasteiger partial charge is 0.668 e. The van der Waals surface area contributed by atoms with Crippen molar-refractivity contribution >= 4 is 127 Å². The summed E-state index contributed by atoms with van der Waals surface area (Å²) in [4.78, 5) is 29.3. The van der Waals surface area contributed by atoms with Crippen LogP contribution in [0.1, 0.15) is 0 Å². The summed E-state index contributed by atoms with van der Waals surface area (Å²) >= 11 is 0. The van der Waals surface area contributed by atoms with Crippen LogP contribution in [0.4, 0.5) is 0 Å². The van der Waals surface area contributed by atoms with Gasteiger partial charge in [0.2, 0.25) is 0 Å². The minimum Gasteiger partial charge on any atom is -0.368 e. The first-order valence-corrected chi connectivity index (χ1v) is 2.68. The molecule has 0 aliphatic rings. The summed E-state index contributed by atoms with van der Waals surface area (Å²) in [5.74, 6) is 0. The molecule has 0 aliphatic carbocycles. The third-order valence-electron chi connectivity index (χ3n) is 0. The van der Waals surface area contributed by atoms with Gasteiger partial charge in [0.15, 0.2) is 0 Å². The van der Waals surface area contributed by atoms with Crippen molar-refractivity contribution in [2.75, 3.05) is 0 Å². The van der Waals surface area contributed by atoms with Crippen molar-refractivity contribution in [3.63, 3.8) is 0 Å². The van der Waals surface area contributed by atoms with E-state index in [9.17, 15) is 0 Å². The van der Waals surface area contributed by atoms with Crippen molar-refractivity contribution in [1.29, 1.82) is 0 Å². The van der Waals surface area contributed by atoms with Crippen LogP contribution in [0.5, 0.6) is 0 Å². The van der Waals surface area contributed by atoms with Gasteiger partial charge in [-0.2, -0.15) is 0 Å². The van der Waals surface area contributed by atoms with Gasteiger partial charge in [0, 0.05) is 118 Å². The maximum atomic E-state index is 7.33. The molecule has 0 bridgehead atoms. The van der Waals surface area contributed by atoms with Gasteiger partial charge in [-0.3, -0.25) is 0 Å². The van der Waals surface area contributed by atoms with Crippen LogP contribution < -0.4 is 0 Å². The molecule has 4 radical (unpaired) electrons. The molecule has 0 aromatic rings. The van der Waals surface area contributed by atoms with E-state index in [1.54, 1.807) is 0 Å². The van der Waals surface area contributed by atoms with Crippen LogP contribution in [-0.2, 0) is 0 Å². The fourth-order valence-electron chi connectivity index (χ4n) is 0. The summed E-state index contributed by atoms with van der Waals surface area (Å²) in [5.41, 5.74) is 0. The SMILES string of the molecule is O[Si](O)(O)O.[Na].[Na].[Na].[Na]. The maximum absolute atomic E-state index is 7.33. The molecule has 9 heavy (non-hydrogen) atoms. The Kier molecular flexibility index (Phi) is 47.3. The zero-order valence-corrected chi connectivity index (χ0v) is 15.3. The maximum Gasteiger partial charge on any atom is 0.668 e. The number of rotatable bonds is 0. The van der Waals surface area contributed by atoms with Crippen LogP contribution in [0.15, 0.2) is 0 Å². The fraction of sp³-hybridized carbons (Fsp3) is 0. The second-order valence-corrected chi connectivity index (χ2v) is 1.80. The molecule has 0 unspecified atom stereocenters. The van der Waals surface area contributed by atoms with Gasteiger partial charge in [-0.05, 0) is 0 Å². The molecule has 0 saturated carbocycles. The Balaban J connectivity index is -0.0000000133. The van der Waals surface area contributed by atoms with E-state index in [1.165, 1.54) is 0 Å². The summed E-state index contributed by atoms with van der Waals surface area (Å²) in [6, 6.07) is 0. The molecule has 9 heteroatoms. The molecule has 0 aromatic heterocycles. The second kappa shape index (κ2) is 14.6. The Bertz CT molecular complexity index is 28.0. The molecule has 4 N–H and O–H groups in total. The predicted octanol–water partition coefficient (Wildman–Crippen LogP) is -4.13. The van der Waals surface area contributed by atoms with Crippen molar-refractivity contribution in [3.8, 4) is 0 Å². The monoisotopic (exact) mass is 188 g/mol. The average molecular weight is 188 g/mol. The van der Waals surface area contributed by atoms with Crippen LogP contribution in [0, 0.1) is 0 Å². The van der Waals surface area contributed by atoms with Crippen molar-refractivity contribution < 1.29 is 19.2 Å². The van der Waals surface area contributed by atoms with E-state index < -0.39 is 9.05 Å². The Morgan fingerprint density at radius 3 is 0.556 bits per heavy atom. The molecule has 4 nitrogen and oxygen atoms in total. The number of hydrogen-bond donors (Lipinski definition) is 4. The smallest absolute Gasteiger partial charge is 0.368 e. The van der Waals surface area contributed by atoms with Crippen LogP contribution >= 0.6 is 0 Å². The zero-order valence-electron chi connectivity index (χ0n) is 6.29. The van der Waals surface area contributed by atoms with Gasteiger partial charge in [-0.1, -0.05) is 0 Å². The Morgan fingerprint density at radius 2 is 0.556 bits per heavy atom. The molecule has 0 aliphatic heterocycles. The van der Waals surface area contributed by atoms with E-state index in [4.69, 9.17) is 19.2 Å². The van der Waals surface area contributed by atoms with E-state index in [-0.39, 0.29) is 118 Å². The molecule has 0 saturated heterocycles. The van der Waals surface area contributed by atoms with Gasteiger partial charge in [0.25, 0.3) is 0 Å². The first-order valence-electron chi connectivity index (χ1n) is 0.894. The predicted molar refractivity (Wildman–Crippen MR) is 37.6 cm³/mol. The quantitative estimate of drug-likeness (QED) is 0.291. The van der Waals surface area contributed by atoms with Crippen LogP contribution in [0.25, 0.3) is 0 Å². The summed E-state index contributed by atoms with van der Waals surface area (Å²) in [6.07, 6.45) is 0.